The van der Waals surface area contributed by atoms with E-state index in [1.165, 1.54) is 33.8 Å². The zero-order chi connectivity index (χ0) is 17.4. The lowest BCUT2D eigenvalue weighted by atomic mass is 9.92. The summed E-state index contributed by atoms with van der Waals surface area (Å²) in [6, 6.07) is 14.9. The van der Waals surface area contributed by atoms with Crippen LogP contribution >= 0.6 is 23.5 Å². The lowest BCUT2D eigenvalue weighted by Crippen LogP contribution is -2.28. The van der Waals surface area contributed by atoms with Crippen LogP contribution in [0.2, 0.25) is 0 Å². The molecular formula is C21H23NOS2. The van der Waals surface area contributed by atoms with Gasteiger partial charge >= 0.3 is 0 Å². The molecule has 1 N–H and O–H groups in total. The van der Waals surface area contributed by atoms with Gasteiger partial charge in [0.2, 0.25) is 5.91 Å². The average Bonchev–Trinajstić information content (AvgIpc) is 3.22. The molecule has 130 valence electrons. The normalized spacial score (nSPS) is 19.0. The van der Waals surface area contributed by atoms with Gasteiger partial charge in [-0.3, -0.25) is 4.79 Å². The molecule has 2 fully saturated rings. The van der Waals surface area contributed by atoms with E-state index in [0.29, 0.717) is 4.58 Å². The zero-order valence-electron chi connectivity index (χ0n) is 14.7. The first kappa shape index (κ1) is 17.0. The summed E-state index contributed by atoms with van der Waals surface area (Å²) >= 11 is 3.98. The van der Waals surface area contributed by atoms with Gasteiger partial charge in [-0.25, -0.2) is 0 Å². The van der Waals surface area contributed by atoms with Crippen LogP contribution < -0.4 is 5.32 Å². The Bertz CT molecular complexity index is 787. The van der Waals surface area contributed by atoms with Crippen LogP contribution in [0.15, 0.2) is 42.5 Å². The fraction of sp³-hybridized carbons (Fsp3) is 0.381. The highest BCUT2D eigenvalue weighted by molar-refractivity contribution is 8.19. The molecule has 2 aromatic rings. The van der Waals surface area contributed by atoms with E-state index in [1.807, 2.05) is 29.6 Å². The molecule has 1 amide bonds. The van der Waals surface area contributed by atoms with E-state index >= 15 is 0 Å². The maximum Gasteiger partial charge on any atom is 0.235 e. The molecule has 0 spiro atoms. The number of carbonyl (C=O) groups is 1. The number of carbonyl (C=O) groups excluding carboxylic acids is 1. The molecule has 0 unspecified atom stereocenters. The Morgan fingerprint density at radius 2 is 1.72 bits per heavy atom. The van der Waals surface area contributed by atoms with Gasteiger partial charge < -0.3 is 5.32 Å². The Morgan fingerprint density at radius 1 is 1.04 bits per heavy atom. The number of amides is 1. The first-order valence-electron chi connectivity index (χ1n) is 8.80. The van der Waals surface area contributed by atoms with Crippen molar-refractivity contribution < 1.29 is 4.79 Å². The van der Waals surface area contributed by atoms with Crippen LogP contribution in [0.5, 0.6) is 0 Å². The van der Waals surface area contributed by atoms with Crippen molar-refractivity contribution in [3.8, 4) is 0 Å². The summed E-state index contributed by atoms with van der Waals surface area (Å²) in [6.07, 6.45) is 1.88. The van der Waals surface area contributed by atoms with Crippen molar-refractivity contribution in [1.29, 1.82) is 0 Å². The second kappa shape index (κ2) is 6.73. The van der Waals surface area contributed by atoms with Gasteiger partial charge in [-0.2, -0.15) is 0 Å². The van der Waals surface area contributed by atoms with Crippen molar-refractivity contribution in [1.82, 2.24) is 0 Å². The highest BCUT2D eigenvalue weighted by Crippen LogP contribution is 2.50. The molecule has 0 aromatic heterocycles. The van der Waals surface area contributed by atoms with Gasteiger partial charge in [-0.1, -0.05) is 41.5 Å². The van der Waals surface area contributed by atoms with Crippen LogP contribution in [0.3, 0.4) is 0 Å². The molecular weight excluding hydrogens is 346 g/mol. The Hall–Kier alpha value is -1.39. The molecule has 1 aliphatic carbocycles. The van der Waals surface area contributed by atoms with Gasteiger partial charge in [0, 0.05) is 17.2 Å². The fourth-order valence-corrected chi connectivity index (χ4v) is 6.43. The average molecular weight is 370 g/mol. The lowest BCUT2D eigenvalue weighted by molar-refractivity contribution is -0.118. The third-order valence-electron chi connectivity index (χ3n) is 5.00. The minimum absolute atomic E-state index is 0.140. The highest BCUT2D eigenvalue weighted by Gasteiger charge is 2.51. The number of aryl methyl sites for hydroxylation is 2. The topological polar surface area (TPSA) is 29.1 Å². The smallest absolute Gasteiger partial charge is 0.235 e. The first-order valence-corrected chi connectivity index (χ1v) is 10.9. The molecule has 2 aliphatic rings. The van der Waals surface area contributed by atoms with E-state index in [4.69, 9.17) is 0 Å². The quantitative estimate of drug-likeness (QED) is 0.777. The molecule has 4 heteroatoms. The van der Waals surface area contributed by atoms with E-state index in [9.17, 15) is 4.79 Å². The summed E-state index contributed by atoms with van der Waals surface area (Å²) in [4.78, 5) is 13.0. The van der Waals surface area contributed by atoms with E-state index < -0.39 is 0 Å². The van der Waals surface area contributed by atoms with Crippen molar-refractivity contribution in [2.24, 2.45) is 0 Å². The van der Waals surface area contributed by atoms with Gasteiger partial charge in [-0.15, -0.1) is 23.5 Å². The van der Waals surface area contributed by atoms with Gasteiger partial charge in [-0.05, 0) is 49.9 Å². The molecule has 1 saturated heterocycles. The monoisotopic (exact) mass is 369 g/mol. The molecule has 0 radical (unpaired) electrons. The van der Waals surface area contributed by atoms with E-state index in [0.717, 1.165) is 18.5 Å². The summed E-state index contributed by atoms with van der Waals surface area (Å²) in [6.45, 7) is 4.20. The minimum Gasteiger partial charge on any atom is -0.325 e. The predicted octanol–water partition coefficient (Wildman–Crippen LogP) is 5.45. The summed E-state index contributed by atoms with van der Waals surface area (Å²) in [5.41, 5.74) is 5.52. The number of anilines is 1. The lowest BCUT2D eigenvalue weighted by Gasteiger charge is -2.18. The van der Waals surface area contributed by atoms with E-state index in [2.05, 4.69) is 55.6 Å². The van der Waals surface area contributed by atoms with Crippen molar-refractivity contribution in [2.75, 3.05) is 16.8 Å². The number of hydrogen-bond acceptors (Lipinski definition) is 3. The summed E-state index contributed by atoms with van der Waals surface area (Å²) in [7, 11) is 0. The molecule has 1 heterocycles. The number of hydrogen-bond donors (Lipinski definition) is 1. The largest absolute Gasteiger partial charge is 0.325 e. The predicted molar refractivity (Wildman–Crippen MR) is 110 cm³/mol. The standard InChI is InChI=1S/C21H23NOS2/c1-14-10-15(2)12-17(11-14)21(6-7-21)20(23)22-18-5-3-4-16(13-18)19-24-8-9-25-19/h3-5,10-13,19H,6-9H2,1-2H3,(H,22,23). The molecule has 1 saturated carbocycles. The van der Waals surface area contributed by atoms with Crippen molar-refractivity contribution in [2.45, 2.75) is 36.7 Å². The Labute approximate surface area is 158 Å². The molecule has 4 rings (SSSR count). The van der Waals surface area contributed by atoms with Crippen LogP contribution in [0.25, 0.3) is 0 Å². The van der Waals surface area contributed by atoms with Gasteiger partial charge in [0.05, 0.1) is 10.00 Å². The van der Waals surface area contributed by atoms with Crippen LogP contribution in [0.4, 0.5) is 5.69 Å². The summed E-state index contributed by atoms with van der Waals surface area (Å²) in [5, 5.41) is 3.19. The van der Waals surface area contributed by atoms with Gasteiger partial charge in [0.1, 0.15) is 0 Å². The Balaban J connectivity index is 1.54. The summed E-state index contributed by atoms with van der Waals surface area (Å²) < 4.78 is 0.506. The second-order valence-corrected chi connectivity index (χ2v) is 9.84. The Morgan fingerprint density at radius 3 is 2.36 bits per heavy atom. The van der Waals surface area contributed by atoms with Crippen LogP contribution in [-0.4, -0.2) is 17.4 Å². The minimum atomic E-state index is -0.330. The summed E-state index contributed by atoms with van der Waals surface area (Å²) in [5.74, 6) is 2.56. The molecule has 25 heavy (non-hydrogen) atoms. The fourth-order valence-electron chi connectivity index (χ4n) is 3.59. The SMILES string of the molecule is Cc1cc(C)cc(C2(C(=O)Nc3cccc(C4SCCS4)c3)CC2)c1. The number of rotatable bonds is 4. The molecule has 0 atom stereocenters. The number of thioether (sulfide) groups is 2. The first-order chi connectivity index (χ1) is 12.1. The van der Waals surface area contributed by atoms with E-state index in [-0.39, 0.29) is 11.3 Å². The van der Waals surface area contributed by atoms with Crippen LogP contribution in [0, 0.1) is 13.8 Å². The van der Waals surface area contributed by atoms with Crippen LogP contribution in [0.1, 0.15) is 39.7 Å². The maximum absolute atomic E-state index is 13.0. The Kier molecular flexibility index (Phi) is 4.59. The van der Waals surface area contributed by atoms with Gasteiger partial charge in [0.15, 0.2) is 0 Å². The maximum atomic E-state index is 13.0. The molecule has 1 aliphatic heterocycles. The van der Waals surface area contributed by atoms with Crippen molar-refractivity contribution >= 4 is 35.1 Å². The zero-order valence-corrected chi connectivity index (χ0v) is 16.3. The third-order valence-corrected chi connectivity index (χ3v) is 8.10. The van der Waals surface area contributed by atoms with Crippen LogP contribution in [-0.2, 0) is 10.2 Å². The number of nitrogens with one attached hydrogen (secondary N) is 1. The van der Waals surface area contributed by atoms with E-state index in [1.54, 1.807) is 0 Å². The highest BCUT2D eigenvalue weighted by atomic mass is 32.2. The molecule has 2 nitrogen and oxygen atoms in total. The van der Waals surface area contributed by atoms with Crippen molar-refractivity contribution in [3.63, 3.8) is 0 Å². The number of benzene rings is 2. The van der Waals surface area contributed by atoms with Crippen molar-refractivity contribution in [3.05, 3.63) is 64.7 Å². The van der Waals surface area contributed by atoms with Gasteiger partial charge in [0.25, 0.3) is 0 Å². The molecule has 0 bridgehead atoms. The third kappa shape index (κ3) is 3.47. The second-order valence-electron chi connectivity index (χ2n) is 7.11. The molecule has 2 aromatic carbocycles.